The van der Waals surface area contributed by atoms with Crippen LogP contribution in [0.25, 0.3) is 0 Å². The van der Waals surface area contributed by atoms with Gasteiger partial charge in [0.25, 0.3) is 5.91 Å². The Kier molecular flexibility index (Phi) is 3.80. The quantitative estimate of drug-likeness (QED) is 0.805. The van der Waals surface area contributed by atoms with Crippen LogP contribution in [0.15, 0.2) is 18.2 Å². The Hall–Kier alpha value is -2.42. The van der Waals surface area contributed by atoms with Crippen LogP contribution in [0, 0.1) is 17.1 Å². The third-order valence-corrected chi connectivity index (χ3v) is 4.37. The van der Waals surface area contributed by atoms with Crippen molar-refractivity contribution < 1.29 is 14.0 Å². The SMILES string of the molecule is N#Cc1cc(F)ccc1CN1C(=O)CN(C2CCCC2)C1=O. The molecule has 1 heterocycles. The fraction of sp³-hybridized carbons (Fsp3) is 0.438. The molecule has 1 saturated carbocycles. The van der Waals surface area contributed by atoms with E-state index in [4.69, 9.17) is 5.26 Å². The first kappa shape index (κ1) is 14.5. The molecule has 2 fully saturated rings. The number of nitriles is 1. The minimum Gasteiger partial charge on any atom is -0.312 e. The van der Waals surface area contributed by atoms with E-state index in [1.165, 1.54) is 12.1 Å². The van der Waals surface area contributed by atoms with Crippen LogP contribution in [-0.2, 0) is 11.3 Å². The van der Waals surface area contributed by atoms with Gasteiger partial charge in [0.1, 0.15) is 12.4 Å². The van der Waals surface area contributed by atoms with Crippen molar-refractivity contribution in [2.45, 2.75) is 38.3 Å². The molecule has 5 nitrogen and oxygen atoms in total. The summed E-state index contributed by atoms with van der Waals surface area (Å²) in [7, 11) is 0. The molecule has 0 radical (unpaired) electrons. The molecular formula is C16H16FN3O2. The van der Waals surface area contributed by atoms with Crippen LogP contribution in [0.3, 0.4) is 0 Å². The molecule has 0 atom stereocenters. The van der Waals surface area contributed by atoms with Crippen LogP contribution in [0.2, 0.25) is 0 Å². The molecular weight excluding hydrogens is 285 g/mol. The number of nitrogens with zero attached hydrogens (tertiary/aromatic N) is 3. The van der Waals surface area contributed by atoms with Gasteiger partial charge in [-0.05, 0) is 30.5 Å². The summed E-state index contributed by atoms with van der Waals surface area (Å²) in [6.07, 6.45) is 4.04. The second-order valence-electron chi connectivity index (χ2n) is 5.74. The van der Waals surface area contributed by atoms with Gasteiger partial charge in [-0.25, -0.2) is 9.18 Å². The Morgan fingerprint density at radius 2 is 2.00 bits per heavy atom. The lowest BCUT2D eigenvalue weighted by molar-refractivity contribution is -0.125. The molecule has 3 amide bonds. The first-order valence-electron chi connectivity index (χ1n) is 7.39. The predicted octanol–water partition coefficient (Wildman–Crippen LogP) is 2.40. The number of carbonyl (C=O) groups excluding carboxylic acids is 2. The second kappa shape index (κ2) is 5.76. The lowest BCUT2D eigenvalue weighted by atomic mass is 10.1. The van der Waals surface area contributed by atoms with Gasteiger partial charge in [0.05, 0.1) is 18.2 Å². The van der Waals surface area contributed by atoms with Crippen molar-refractivity contribution >= 4 is 11.9 Å². The highest BCUT2D eigenvalue weighted by molar-refractivity contribution is 6.02. The van der Waals surface area contributed by atoms with E-state index in [2.05, 4.69) is 0 Å². The molecule has 114 valence electrons. The van der Waals surface area contributed by atoms with E-state index in [1.807, 2.05) is 6.07 Å². The van der Waals surface area contributed by atoms with Crippen LogP contribution in [0.5, 0.6) is 0 Å². The summed E-state index contributed by atoms with van der Waals surface area (Å²) >= 11 is 0. The van der Waals surface area contributed by atoms with Crippen molar-refractivity contribution in [1.82, 2.24) is 9.80 Å². The van der Waals surface area contributed by atoms with Crippen molar-refractivity contribution in [2.75, 3.05) is 6.54 Å². The maximum Gasteiger partial charge on any atom is 0.327 e. The normalized spacial score (nSPS) is 19.1. The minimum atomic E-state index is -0.507. The fourth-order valence-corrected chi connectivity index (χ4v) is 3.18. The van der Waals surface area contributed by atoms with Crippen molar-refractivity contribution in [3.05, 3.63) is 35.1 Å². The van der Waals surface area contributed by atoms with Crippen LogP contribution in [-0.4, -0.2) is 34.3 Å². The Balaban J connectivity index is 1.79. The molecule has 1 saturated heterocycles. The number of benzene rings is 1. The number of halogens is 1. The summed E-state index contributed by atoms with van der Waals surface area (Å²) < 4.78 is 13.2. The van der Waals surface area contributed by atoms with Crippen LogP contribution >= 0.6 is 0 Å². The number of hydrogen-bond donors (Lipinski definition) is 0. The largest absolute Gasteiger partial charge is 0.327 e. The molecule has 0 spiro atoms. The van der Waals surface area contributed by atoms with E-state index in [1.54, 1.807) is 4.90 Å². The monoisotopic (exact) mass is 301 g/mol. The van der Waals surface area contributed by atoms with Crippen molar-refractivity contribution in [3.8, 4) is 6.07 Å². The molecule has 0 bridgehead atoms. The maximum atomic E-state index is 13.2. The van der Waals surface area contributed by atoms with E-state index in [0.29, 0.717) is 5.56 Å². The second-order valence-corrected chi connectivity index (χ2v) is 5.74. The summed E-state index contributed by atoms with van der Waals surface area (Å²) in [6.45, 7) is 0.122. The summed E-state index contributed by atoms with van der Waals surface area (Å²) in [5.74, 6) is -0.767. The Morgan fingerprint density at radius 3 is 2.68 bits per heavy atom. The predicted molar refractivity (Wildman–Crippen MR) is 76.0 cm³/mol. The van der Waals surface area contributed by atoms with Crippen molar-refractivity contribution in [1.29, 1.82) is 5.26 Å². The Labute approximate surface area is 127 Å². The number of hydrogen-bond acceptors (Lipinski definition) is 3. The zero-order valence-corrected chi connectivity index (χ0v) is 12.1. The standard InChI is InChI=1S/C16H16FN3O2/c17-13-6-5-11(12(7-13)8-18)9-20-15(21)10-19(16(20)22)14-3-1-2-4-14/h5-7,14H,1-4,9-10H2. The highest BCUT2D eigenvalue weighted by Crippen LogP contribution is 2.28. The highest BCUT2D eigenvalue weighted by Gasteiger charge is 2.40. The topological polar surface area (TPSA) is 64.4 Å². The van der Waals surface area contributed by atoms with Crippen LogP contribution < -0.4 is 0 Å². The fourth-order valence-electron chi connectivity index (χ4n) is 3.18. The van der Waals surface area contributed by atoms with Gasteiger partial charge in [-0.2, -0.15) is 5.26 Å². The molecule has 22 heavy (non-hydrogen) atoms. The molecule has 0 N–H and O–H groups in total. The summed E-state index contributed by atoms with van der Waals surface area (Å²) in [5, 5.41) is 9.06. The lowest BCUT2D eigenvalue weighted by Crippen LogP contribution is -2.37. The molecule has 6 heteroatoms. The Bertz CT molecular complexity index is 662. The van der Waals surface area contributed by atoms with Gasteiger partial charge in [-0.1, -0.05) is 18.9 Å². The highest BCUT2D eigenvalue weighted by atomic mass is 19.1. The first-order chi connectivity index (χ1) is 10.6. The average molecular weight is 301 g/mol. The zero-order chi connectivity index (χ0) is 15.7. The van der Waals surface area contributed by atoms with E-state index >= 15 is 0 Å². The third kappa shape index (κ3) is 2.54. The first-order valence-corrected chi connectivity index (χ1v) is 7.39. The number of imide groups is 1. The Morgan fingerprint density at radius 1 is 1.27 bits per heavy atom. The zero-order valence-electron chi connectivity index (χ0n) is 12.1. The van der Waals surface area contributed by atoms with Crippen molar-refractivity contribution in [3.63, 3.8) is 0 Å². The van der Waals surface area contributed by atoms with Crippen LogP contribution in [0.4, 0.5) is 9.18 Å². The van der Waals surface area contributed by atoms with Gasteiger partial charge < -0.3 is 4.90 Å². The lowest BCUT2D eigenvalue weighted by Gasteiger charge is -2.23. The molecule has 1 aromatic rings. The van der Waals surface area contributed by atoms with Crippen molar-refractivity contribution in [2.24, 2.45) is 0 Å². The summed E-state index contributed by atoms with van der Waals surface area (Å²) in [4.78, 5) is 27.4. The minimum absolute atomic E-state index is 0.0179. The van der Waals surface area contributed by atoms with Gasteiger partial charge >= 0.3 is 6.03 Å². The molecule has 3 rings (SSSR count). The van der Waals surface area contributed by atoms with E-state index in [-0.39, 0.29) is 36.6 Å². The maximum absolute atomic E-state index is 13.2. The third-order valence-electron chi connectivity index (χ3n) is 4.37. The van der Waals surface area contributed by atoms with Gasteiger partial charge in [-0.15, -0.1) is 0 Å². The van der Waals surface area contributed by atoms with Gasteiger partial charge in [0.15, 0.2) is 0 Å². The molecule has 1 aromatic carbocycles. The summed E-state index contributed by atoms with van der Waals surface area (Å²) in [5.41, 5.74) is 0.638. The van der Waals surface area contributed by atoms with E-state index in [0.717, 1.165) is 36.6 Å². The van der Waals surface area contributed by atoms with Crippen LogP contribution in [0.1, 0.15) is 36.8 Å². The number of carbonyl (C=O) groups is 2. The van der Waals surface area contributed by atoms with Gasteiger partial charge in [0.2, 0.25) is 0 Å². The smallest absolute Gasteiger partial charge is 0.312 e. The number of urea groups is 1. The molecule has 1 aliphatic heterocycles. The molecule has 0 unspecified atom stereocenters. The van der Waals surface area contributed by atoms with Gasteiger partial charge in [0, 0.05) is 6.04 Å². The van der Waals surface area contributed by atoms with E-state index < -0.39 is 5.82 Å². The average Bonchev–Trinajstić information content (AvgIpc) is 3.12. The summed E-state index contributed by atoms with van der Waals surface area (Å²) in [6, 6.07) is 5.55. The number of amides is 3. The van der Waals surface area contributed by atoms with Gasteiger partial charge in [-0.3, -0.25) is 9.69 Å². The molecule has 0 aromatic heterocycles. The molecule has 2 aliphatic rings. The molecule has 1 aliphatic carbocycles. The number of rotatable bonds is 3. The van der Waals surface area contributed by atoms with E-state index in [9.17, 15) is 14.0 Å².